The number of rotatable bonds is 4. The Morgan fingerprint density at radius 2 is 1.61 bits per heavy atom. The van der Waals surface area contributed by atoms with Crippen LogP contribution < -0.4 is 14.2 Å². The number of ether oxygens (including phenoxy) is 3. The standard InChI is InChI=1S/C19H20O4/c1-21-14-10-17(22-2)19(18(11-14)23-3)15-6-4-5-12-7-8-13(20)9-16(12)15/h4-6,10-11H,7-9H2,1-3H3. The lowest BCUT2D eigenvalue weighted by molar-refractivity contribution is -0.118. The lowest BCUT2D eigenvalue weighted by Gasteiger charge is -2.22. The van der Waals surface area contributed by atoms with Crippen molar-refractivity contribution in [3.8, 4) is 28.4 Å². The fraction of sp³-hybridized carbons (Fsp3) is 0.316. The van der Waals surface area contributed by atoms with Crippen molar-refractivity contribution in [3.63, 3.8) is 0 Å². The Morgan fingerprint density at radius 3 is 2.22 bits per heavy atom. The van der Waals surface area contributed by atoms with Crippen LogP contribution in [0, 0.1) is 0 Å². The van der Waals surface area contributed by atoms with Crippen LogP contribution >= 0.6 is 0 Å². The second-order valence-electron chi connectivity index (χ2n) is 5.57. The van der Waals surface area contributed by atoms with Gasteiger partial charge in [-0.05, 0) is 23.1 Å². The Labute approximate surface area is 136 Å². The number of hydrogen-bond donors (Lipinski definition) is 0. The Hall–Kier alpha value is -2.49. The first kappa shape index (κ1) is 15.4. The van der Waals surface area contributed by atoms with Gasteiger partial charge in [-0.25, -0.2) is 0 Å². The predicted octanol–water partition coefficient (Wildman–Crippen LogP) is 3.44. The summed E-state index contributed by atoms with van der Waals surface area (Å²) in [4.78, 5) is 11.9. The zero-order valence-corrected chi connectivity index (χ0v) is 13.6. The normalized spacial score (nSPS) is 13.4. The molecule has 4 heteroatoms. The van der Waals surface area contributed by atoms with Gasteiger partial charge < -0.3 is 14.2 Å². The van der Waals surface area contributed by atoms with Crippen molar-refractivity contribution < 1.29 is 19.0 Å². The van der Waals surface area contributed by atoms with Crippen LogP contribution in [0.4, 0.5) is 0 Å². The molecule has 0 unspecified atom stereocenters. The van der Waals surface area contributed by atoms with Gasteiger partial charge in [0, 0.05) is 25.0 Å². The van der Waals surface area contributed by atoms with Crippen LogP contribution in [0.25, 0.3) is 11.1 Å². The molecule has 4 nitrogen and oxygen atoms in total. The summed E-state index contributed by atoms with van der Waals surface area (Å²) in [6.45, 7) is 0. The zero-order chi connectivity index (χ0) is 16.4. The van der Waals surface area contributed by atoms with Gasteiger partial charge in [0.2, 0.25) is 0 Å². The number of hydrogen-bond acceptors (Lipinski definition) is 4. The van der Waals surface area contributed by atoms with Crippen molar-refractivity contribution in [3.05, 3.63) is 41.5 Å². The van der Waals surface area contributed by atoms with Crippen molar-refractivity contribution in [2.45, 2.75) is 19.3 Å². The number of fused-ring (bicyclic) bond motifs is 1. The first-order valence-electron chi connectivity index (χ1n) is 7.60. The van der Waals surface area contributed by atoms with E-state index in [0.717, 1.165) is 23.1 Å². The van der Waals surface area contributed by atoms with Crippen molar-refractivity contribution in [2.24, 2.45) is 0 Å². The molecule has 0 radical (unpaired) electrons. The summed E-state index contributed by atoms with van der Waals surface area (Å²) in [5, 5.41) is 0. The number of ketones is 1. The van der Waals surface area contributed by atoms with Gasteiger partial charge in [0.25, 0.3) is 0 Å². The highest BCUT2D eigenvalue weighted by atomic mass is 16.5. The van der Waals surface area contributed by atoms with Crippen LogP contribution in [0.15, 0.2) is 30.3 Å². The van der Waals surface area contributed by atoms with Crippen molar-refractivity contribution in [1.82, 2.24) is 0 Å². The van der Waals surface area contributed by atoms with E-state index in [9.17, 15) is 4.79 Å². The summed E-state index contributed by atoms with van der Waals surface area (Å²) in [6, 6.07) is 9.80. The molecule has 120 valence electrons. The molecular formula is C19H20O4. The lowest BCUT2D eigenvalue weighted by atomic mass is 9.85. The summed E-state index contributed by atoms with van der Waals surface area (Å²) < 4.78 is 16.4. The van der Waals surface area contributed by atoms with E-state index in [1.165, 1.54) is 5.56 Å². The average Bonchev–Trinajstić information content (AvgIpc) is 2.60. The van der Waals surface area contributed by atoms with Crippen molar-refractivity contribution >= 4 is 5.78 Å². The molecule has 1 aliphatic carbocycles. The van der Waals surface area contributed by atoms with E-state index in [1.807, 2.05) is 24.3 Å². The Bertz CT molecular complexity index is 724. The summed E-state index contributed by atoms with van der Waals surface area (Å²) >= 11 is 0. The quantitative estimate of drug-likeness (QED) is 0.867. The number of benzene rings is 2. The molecule has 3 rings (SSSR count). The highest BCUT2D eigenvalue weighted by Gasteiger charge is 2.23. The topological polar surface area (TPSA) is 44.8 Å². The van der Waals surface area contributed by atoms with Gasteiger partial charge in [-0.3, -0.25) is 4.79 Å². The van der Waals surface area contributed by atoms with Crippen molar-refractivity contribution in [2.75, 3.05) is 21.3 Å². The molecule has 23 heavy (non-hydrogen) atoms. The molecule has 0 N–H and O–H groups in total. The maximum atomic E-state index is 11.9. The highest BCUT2D eigenvalue weighted by molar-refractivity contribution is 5.89. The molecule has 0 bridgehead atoms. The van der Waals surface area contributed by atoms with Gasteiger partial charge in [0.05, 0.1) is 26.9 Å². The molecule has 0 saturated carbocycles. The smallest absolute Gasteiger partial charge is 0.137 e. The second-order valence-corrected chi connectivity index (χ2v) is 5.57. The van der Waals surface area contributed by atoms with Crippen LogP contribution in [0.1, 0.15) is 17.5 Å². The van der Waals surface area contributed by atoms with E-state index in [0.29, 0.717) is 30.1 Å². The molecule has 1 aliphatic rings. The van der Waals surface area contributed by atoms with E-state index in [1.54, 1.807) is 21.3 Å². The van der Waals surface area contributed by atoms with E-state index < -0.39 is 0 Å². The highest BCUT2D eigenvalue weighted by Crippen LogP contribution is 2.44. The van der Waals surface area contributed by atoms with E-state index in [-0.39, 0.29) is 5.78 Å². The lowest BCUT2D eigenvalue weighted by Crippen LogP contribution is -2.14. The molecule has 0 amide bonds. The SMILES string of the molecule is COc1cc(OC)c(-c2cccc3c2CC(=O)CC3)c(OC)c1. The summed E-state index contributed by atoms with van der Waals surface area (Å²) in [5.41, 5.74) is 4.15. The molecule has 0 heterocycles. The summed E-state index contributed by atoms with van der Waals surface area (Å²) in [6.07, 6.45) is 1.87. The minimum Gasteiger partial charge on any atom is -0.496 e. The zero-order valence-electron chi connectivity index (χ0n) is 13.6. The first-order chi connectivity index (χ1) is 11.2. The summed E-state index contributed by atoms with van der Waals surface area (Å²) in [7, 11) is 4.85. The van der Waals surface area contributed by atoms with Gasteiger partial charge in [-0.1, -0.05) is 18.2 Å². The third-order valence-corrected chi connectivity index (χ3v) is 4.30. The molecule has 0 spiro atoms. The molecule has 0 aromatic heterocycles. The van der Waals surface area contributed by atoms with Crippen LogP contribution in [0.5, 0.6) is 17.2 Å². The van der Waals surface area contributed by atoms with Crippen molar-refractivity contribution in [1.29, 1.82) is 0 Å². The fourth-order valence-corrected chi connectivity index (χ4v) is 3.14. The first-order valence-corrected chi connectivity index (χ1v) is 7.60. The number of carbonyl (C=O) groups is 1. The largest absolute Gasteiger partial charge is 0.496 e. The van der Waals surface area contributed by atoms with E-state index in [2.05, 4.69) is 6.07 Å². The van der Waals surface area contributed by atoms with Crippen LogP contribution in [0.2, 0.25) is 0 Å². The Kier molecular flexibility index (Phi) is 4.24. The molecule has 0 fully saturated rings. The molecular weight excluding hydrogens is 292 g/mol. The predicted molar refractivity (Wildman–Crippen MR) is 88.6 cm³/mol. The Morgan fingerprint density at radius 1 is 0.913 bits per heavy atom. The third kappa shape index (κ3) is 2.77. The van der Waals surface area contributed by atoms with Gasteiger partial charge in [0.15, 0.2) is 0 Å². The van der Waals surface area contributed by atoms with Crippen LogP contribution in [-0.4, -0.2) is 27.1 Å². The van der Waals surface area contributed by atoms with Crippen LogP contribution in [-0.2, 0) is 17.6 Å². The number of Topliss-reactive ketones (excluding diaryl/α,β-unsaturated/α-hetero) is 1. The second kappa shape index (κ2) is 6.32. The summed E-state index contributed by atoms with van der Waals surface area (Å²) in [5.74, 6) is 2.29. The van der Waals surface area contributed by atoms with Gasteiger partial charge in [0.1, 0.15) is 23.0 Å². The minimum atomic E-state index is 0.274. The maximum Gasteiger partial charge on any atom is 0.137 e. The average molecular weight is 312 g/mol. The van der Waals surface area contributed by atoms with Gasteiger partial charge in [-0.15, -0.1) is 0 Å². The van der Waals surface area contributed by atoms with E-state index >= 15 is 0 Å². The van der Waals surface area contributed by atoms with Gasteiger partial charge >= 0.3 is 0 Å². The maximum absolute atomic E-state index is 11.9. The number of carbonyl (C=O) groups excluding carboxylic acids is 1. The van der Waals surface area contributed by atoms with Crippen LogP contribution in [0.3, 0.4) is 0 Å². The van der Waals surface area contributed by atoms with Gasteiger partial charge in [-0.2, -0.15) is 0 Å². The molecule has 2 aromatic rings. The molecule has 0 saturated heterocycles. The molecule has 2 aromatic carbocycles. The number of methoxy groups -OCH3 is 3. The third-order valence-electron chi connectivity index (χ3n) is 4.30. The Balaban J connectivity index is 2.25. The molecule has 0 aliphatic heterocycles. The molecule has 0 atom stereocenters. The number of aryl methyl sites for hydroxylation is 1. The monoisotopic (exact) mass is 312 g/mol. The van der Waals surface area contributed by atoms with E-state index in [4.69, 9.17) is 14.2 Å². The fourth-order valence-electron chi connectivity index (χ4n) is 3.14. The minimum absolute atomic E-state index is 0.274.